The molecule has 1 aromatic carbocycles. The summed E-state index contributed by atoms with van der Waals surface area (Å²) in [5, 5.41) is 11.7. The fourth-order valence-electron chi connectivity index (χ4n) is 3.36. The first-order chi connectivity index (χ1) is 13.6. The summed E-state index contributed by atoms with van der Waals surface area (Å²) in [6.07, 6.45) is 4.96. The number of fused-ring (bicyclic) bond motifs is 2. The average Bonchev–Trinajstić information content (AvgIpc) is 3.28. The first-order valence-corrected chi connectivity index (χ1v) is 8.73. The second-order valence-corrected chi connectivity index (χ2v) is 6.41. The van der Waals surface area contributed by atoms with Gasteiger partial charge in [0.15, 0.2) is 11.5 Å². The number of carbonyl (C=O) groups is 2. The lowest BCUT2D eigenvalue weighted by Gasteiger charge is -2.28. The van der Waals surface area contributed by atoms with Gasteiger partial charge in [0.05, 0.1) is 38.6 Å². The smallest absolute Gasteiger partial charge is 0.305 e. The number of carbonyl (C=O) groups excluding carboxylic acids is 1. The molecule has 4 rings (SSSR count). The van der Waals surface area contributed by atoms with Crippen LogP contribution in [-0.4, -0.2) is 57.2 Å². The number of hydrogen-bond donors (Lipinski definition) is 2. The Morgan fingerprint density at radius 2 is 2.29 bits per heavy atom. The van der Waals surface area contributed by atoms with E-state index >= 15 is 0 Å². The van der Waals surface area contributed by atoms with Crippen molar-refractivity contribution in [1.29, 1.82) is 0 Å². The van der Waals surface area contributed by atoms with Crippen LogP contribution in [0, 0.1) is 0 Å². The number of amides is 1. The maximum Gasteiger partial charge on any atom is 0.305 e. The summed E-state index contributed by atoms with van der Waals surface area (Å²) in [7, 11) is 1.54. The molecule has 1 saturated heterocycles. The lowest BCUT2D eigenvalue weighted by Crippen LogP contribution is -2.38. The third-order valence-corrected chi connectivity index (χ3v) is 4.68. The Hall–Kier alpha value is -3.56. The zero-order valence-corrected chi connectivity index (χ0v) is 15.2. The van der Waals surface area contributed by atoms with Gasteiger partial charge in [-0.15, -0.1) is 0 Å². The van der Waals surface area contributed by atoms with Gasteiger partial charge < -0.3 is 24.0 Å². The minimum atomic E-state index is -1.05. The lowest BCUT2D eigenvalue weighted by atomic mass is 10.1. The number of rotatable bonds is 7. The van der Waals surface area contributed by atoms with E-state index in [9.17, 15) is 9.59 Å². The van der Waals surface area contributed by atoms with Crippen molar-refractivity contribution in [3.63, 3.8) is 0 Å². The summed E-state index contributed by atoms with van der Waals surface area (Å²) < 4.78 is 13.3. The number of benzene rings is 1. The van der Waals surface area contributed by atoms with E-state index in [0.29, 0.717) is 42.8 Å². The highest BCUT2D eigenvalue weighted by molar-refractivity contribution is 6.08. The highest BCUT2D eigenvalue weighted by Crippen LogP contribution is 2.41. The molecule has 1 aromatic heterocycles. The highest BCUT2D eigenvalue weighted by atomic mass is 16.5. The van der Waals surface area contributed by atoms with Crippen molar-refractivity contribution in [2.45, 2.75) is 25.6 Å². The van der Waals surface area contributed by atoms with Crippen LogP contribution in [0.5, 0.6) is 11.5 Å². The molecule has 1 unspecified atom stereocenters. The summed E-state index contributed by atoms with van der Waals surface area (Å²) >= 11 is 0. The Labute approximate surface area is 160 Å². The molecule has 0 radical (unpaired) electrons. The Bertz CT molecular complexity index is 940. The number of aromatic nitrogens is 2. The van der Waals surface area contributed by atoms with E-state index in [-0.39, 0.29) is 12.3 Å². The van der Waals surface area contributed by atoms with Crippen LogP contribution in [0.4, 0.5) is 5.69 Å². The number of carboxylic acids is 1. The van der Waals surface area contributed by atoms with E-state index in [1.165, 1.54) is 0 Å². The number of aliphatic carboxylic acids is 1. The van der Waals surface area contributed by atoms with Gasteiger partial charge in [-0.05, 0) is 12.1 Å². The van der Waals surface area contributed by atoms with Crippen molar-refractivity contribution >= 4 is 23.5 Å². The predicted molar refractivity (Wildman–Crippen MR) is 97.5 cm³/mol. The number of nitrogens with one attached hydrogen (secondary N) is 1. The molecule has 1 atom stereocenters. The van der Waals surface area contributed by atoms with Gasteiger partial charge in [0.2, 0.25) is 11.9 Å². The number of imidazole rings is 1. The van der Waals surface area contributed by atoms with Crippen molar-refractivity contribution in [2.75, 3.05) is 13.7 Å². The molecule has 1 fully saturated rings. The fraction of sp³-hybridized carbons (Fsp3) is 0.333. The minimum Gasteiger partial charge on any atom is -0.492 e. The molecule has 2 aromatic rings. The van der Waals surface area contributed by atoms with Crippen LogP contribution in [0.2, 0.25) is 0 Å². The van der Waals surface area contributed by atoms with E-state index in [1.807, 2.05) is 10.8 Å². The summed E-state index contributed by atoms with van der Waals surface area (Å²) in [4.78, 5) is 33.4. The number of aliphatic imine (C=N–C) groups is 1. The largest absolute Gasteiger partial charge is 0.492 e. The molecule has 28 heavy (non-hydrogen) atoms. The summed E-state index contributed by atoms with van der Waals surface area (Å²) in [5.41, 5.74) is 1.40. The Balaban J connectivity index is 1.57. The molecule has 10 nitrogen and oxygen atoms in total. The molecule has 0 aliphatic carbocycles. The van der Waals surface area contributed by atoms with Crippen LogP contribution in [0.15, 0.2) is 35.8 Å². The first-order valence-electron chi connectivity index (χ1n) is 8.73. The molecule has 3 heterocycles. The third kappa shape index (κ3) is 3.24. The third-order valence-electron chi connectivity index (χ3n) is 4.68. The first kappa shape index (κ1) is 17.8. The average molecular weight is 385 g/mol. The van der Waals surface area contributed by atoms with Crippen LogP contribution in [0.1, 0.15) is 12.0 Å². The maximum absolute atomic E-state index is 12.1. The van der Waals surface area contributed by atoms with Gasteiger partial charge >= 0.3 is 5.97 Å². The van der Waals surface area contributed by atoms with Gasteiger partial charge in [0, 0.05) is 18.0 Å². The molecule has 10 heteroatoms. The van der Waals surface area contributed by atoms with Crippen LogP contribution in [0.25, 0.3) is 0 Å². The summed E-state index contributed by atoms with van der Waals surface area (Å²) in [6.45, 7) is 1.35. The van der Waals surface area contributed by atoms with Gasteiger partial charge in [0.1, 0.15) is 12.6 Å². The Kier molecular flexibility index (Phi) is 4.60. The number of ether oxygens (including phenoxy) is 2. The quantitative estimate of drug-likeness (QED) is 0.722. The van der Waals surface area contributed by atoms with Gasteiger partial charge in [-0.1, -0.05) is 0 Å². The van der Waals surface area contributed by atoms with Crippen LogP contribution in [0.3, 0.4) is 0 Å². The van der Waals surface area contributed by atoms with Crippen LogP contribution < -0.4 is 14.8 Å². The summed E-state index contributed by atoms with van der Waals surface area (Å²) in [5.74, 6) is 0.0349. The zero-order valence-electron chi connectivity index (χ0n) is 15.2. The van der Waals surface area contributed by atoms with Crippen molar-refractivity contribution in [3.05, 3.63) is 36.4 Å². The lowest BCUT2D eigenvalue weighted by molar-refractivity contribution is -0.140. The standard InChI is InChI=1S/C18H19N5O5/c1-27-16-11-9-23-13(8-15(24)25)17(26)21-18(23)20-12(11)2-3-14(16)28-7-6-22-5-4-19-10-22/h2-5,10,13H,6-9H2,1H3,(H,24,25)(H,20,21,26). The van der Waals surface area contributed by atoms with E-state index in [2.05, 4.69) is 15.3 Å². The number of guanidine groups is 1. The summed E-state index contributed by atoms with van der Waals surface area (Å²) in [6, 6.07) is 2.77. The second-order valence-electron chi connectivity index (χ2n) is 6.41. The van der Waals surface area contributed by atoms with Crippen molar-refractivity contribution in [3.8, 4) is 11.5 Å². The Morgan fingerprint density at radius 1 is 1.43 bits per heavy atom. The van der Waals surface area contributed by atoms with Gasteiger partial charge in [-0.2, -0.15) is 0 Å². The van der Waals surface area contributed by atoms with Crippen LogP contribution >= 0.6 is 0 Å². The van der Waals surface area contributed by atoms with E-state index in [4.69, 9.17) is 14.6 Å². The van der Waals surface area contributed by atoms with Crippen molar-refractivity contribution < 1.29 is 24.2 Å². The molecule has 0 saturated carbocycles. The molecule has 2 aliphatic rings. The minimum absolute atomic E-state index is 0.298. The molecular weight excluding hydrogens is 366 g/mol. The SMILES string of the molecule is COc1c(OCCn2ccnc2)ccc2c1CN1C(=N2)NC(=O)C1CC(=O)O. The second kappa shape index (κ2) is 7.22. The maximum atomic E-state index is 12.1. The van der Waals surface area contributed by atoms with Crippen molar-refractivity contribution in [2.24, 2.45) is 4.99 Å². The molecule has 2 N–H and O–H groups in total. The van der Waals surface area contributed by atoms with E-state index in [0.717, 1.165) is 5.56 Å². The number of carboxylic acid groups (broad SMARTS) is 1. The number of nitrogens with zero attached hydrogens (tertiary/aromatic N) is 4. The van der Waals surface area contributed by atoms with Gasteiger partial charge in [0.25, 0.3) is 0 Å². The zero-order chi connectivity index (χ0) is 19.7. The van der Waals surface area contributed by atoms with Crippen LogP contribution in [-0.2, 0) is 22.7 Å². The van der Waals surface area contributed by atoms with E-state index < -0.39 is 12.0 Å². The number of hydrogen-bond acceptors (Lipinski definition) is 7. The molecular formula is C18H19N5O5. The number of methoxy groups -OCH3 is 1. The molecule has 2 aliphatic heterocycles. The topological polar surface area (TPSA) is 118 Å². The normalized spacial score (nSPS) is 17.5. The fourth-order valence-corrected chi connectivity index (χ4v) is 3.36. The van der Waals surface area contributed by atoms with Crippen molar-refractivity contribution in [1.82, 2.24) is 19.8 Å². The predicted octanol–water partition coefficient (Wildman–Crippen LogP) is 0.747. The van der Waals surface area contributed by atoms with Gasteiger partial charge in [-0.3, -0.25) is 14.9 Å². The Morgan fingerprint density at radius 3 is 3.00 bits per heavy atom. The molecule has 0 spiro atoms. The molecule has 0 bridgehead atoms. The van der Waals surface area contributed by atoms with E-state index in [1.54, 1.807) is 36.7 Å². The monoisotopic (exact) mass is 385 g/mol. The highest BCUT2D eigenvalue weighted by Gasteiger charge is 2.41. The molecule has 1 amide bonds. The van der Waals surface area contributed by atoms with Gasteiger partial charge in [-0.25, -0.2) is 9.98 Å². The molecule has 146 valence electrons.